The first kappa shape index (κ1) is 26.2. The van der Waals surface area contributed by atoms with Gasteiger partial charge >= 0.3 is 0 Å². The maximum Gasteiger partial charge on any atom is 0.277 e. The number of nitrogens with one attached hydrogen (secondary N) is 2. The van der Waals surface area contributed by atoms with Gasteiger partial charge in [0.1, 0.15) is 11.5 Å². The zero-order valence-electron chi connectivity index (χ0n) is 20.9. The summed E-state index contributed by atoms with van der Waals surface area (Å²) in [7, 11) is 0. The zero-order chi connectivity index (χ0) is 25.9. The van der Waals surface area contributed by atoms with Gasteiger partial charge in [0.25, 0.3) is 11.8 Å². The first-order chi connectivity index (χ1) is 17.3. The lowest BCUT2D eigenvalue weighted by molar-refractivity contribution is -0.123. The van der Waals surface area contributed by atoms with Gasteiger partial charge in [0.2, 0.25) is 0 Å². The van der Waals surface area contributed by atoms with E-state index in [1.54, 1.807) is 0 Å². The third-order valence-electron chi connectivity index (χ3n) is 5.44. The minimum absolute atomic E-state index is 0.128. The van der Waals surface area contributed by atoms with Crippen LogP contribution >= 0.6 is 0 Å². The molecule has 0 aliphatic heterocycles. The number of hydrogen-bond acceptors (Lipinski definition) is 6. The summed E-state index contributed by atoms with van der Waals surface area (Å²) in [5.74, 6) is 0.565. The number of hydrazone groups is 2. The van der Waals surface area contributed by atoms with Crippen LogP contribution in [0.2, 0.25) is 0 Å². The number of nitrogens with zero attached hydrogens (tertiary/aromatic N) is 2. The SMILES string of the molecule is Cc1ccc(OCC(=O)NN=Cc2ccc(C=NNC(=O)COc3ccc(C)c(C)c3)cc2)cc1C. The van der Waals surface area contributed by atoms with Gasteiger partial charge in [-0.3, -0.25) is 9.59 Å². The third kappa shape index (κ3) is 8.39. The summed E-state index contributed by atoms with van der Waals surface area (Å²) in [4.78, 5) is 23.9. The van der Waals surface area contributed by atoms with Gasteiger partial charge in [-0.25, -0.2) is 10.9 Å². The van der Waals surface area contributed by atoms with Crippen LogP contribution in [0, 0.1) is 27.7 Å². The Morgan fingerprint density at radius 3 is 1.39 bits per heavy atom. The molecule has 0 spiro atoms. The van der Waals surface area contributed by atoms with Gasteiger partial charge in [0.15, 0.2) is 13.2 Å². The van der Waals surface area contributed by atoms with E-state index >= 15 is 0 Å². The number of carbonyl (C=O) groups excluding carboxylic acids is 2. The topological polar surface area (TPSA) is 101 Å². The molecule has 0 heterocycles. The molecule has 186 valence electrons. The highest BCUT2D eigenvalue weighted by molar-refractivity contribution is 5.86. The van der Waals surface area contributed by atoms with Crippen molar-refractivity contribution < 1.29 is 19.1 Å². The summed E-state index contributed by atoms with van der Waals surface area (Å²) >= 11 is 0. The maximum atomic E-state index is 11.9. The molecule has 2 N–H and O–H groups in total. The number of amides is 2. The van der Waals surface area contributed by atoms with E-state index in [2.05, 4.69) is 21.1 Å². The van der Waals surface area contributed by atoms with Crippen molar-refractivity contribution in [2.24, 2.45) is 10.2 Å². The number of hydrogen-bond donors (Lipinski definition) is 2. The fourth-order valence-electron chi connectivity index (χ4n) is 3.00. The molecule has 36 heavy (non-hydrogen) atoms. The second-order valence-electron chi connectivity index (χ2n) is 8.32. The van der Waals surface area contributed by atoms with Crippen LogP contribution in [0.1, 0.15) is 33.4 Å². The van der Waals surface area contributed by atoms with Crippen LogP contribution in [-0.4, -0.2) is 37.5 Å². The number of rotatable bonds is 10. The molecule has 0 unspecified atom stereocenters. The van der Waals surface area contributed by atoms with Gasteiger partial charge in [-0.1, -0.05) is 36.4 Å². The van der Waals surface area contributed by atoms with E-state index in [4.69, 9.17) is 9.47 Å². The van der Waals surface area contributed by atoms with E-state index in [-0.39, 0.29) is 25.0 Å². The van der Waals surface area contributed by atoms with Crippen molar-refractivity contribution in [1.29, 1.82) is 0 Å². The molecule has 3 rings (SSSR count). The van der Waals surface area contributed by atoms with E-state index in [0.717, 1.165) is 33.4 Å². The molecule has 0 saturated heterocycles. The van der Waals surface area contributed by atoms with E-state index in [1.807, 2.05) is 88.4 Å². The number of benzene rings is 3. The fraction of sp³-hybridized carbons (Fsp3) is 0.214. The number of carbonyl (C=O) groups is 2. The smallest absolute Gasteiger partial charge is 0.277 e. The van der Waals surface area contributed by atoms with Gasteiger partial charge in [-0.2, -0.15) is 10.2 Å². The molecule has 8 nitrogen and oxygen atoms in total. The summed E-state index contributed by atoms with van der Waals surface area (Å²) in [5.41, 5.74) is 11.0. The largest absolute Gasteiger partial charge is 0.484 e. The summed E-state index contributed by atoms with van der Waals surface area (Å²) < 4.78 is 11.0. The molecular formula is C28H30N4O4. The van der Waals surface area contributed by atoms with Crippen molar-refractivity contribution >= 4 is 24.2 Å². The number of aryl methyl sites for hydroxylation is 4. The van der Waals surface area contributed by atoms with Gasteiger partial charge in [0.05, 0.1) is 12.4 Å². The van der Waals surface area contributed by atoms with Crippen LogP contribution in [0.3, 0.4) is 0 Å². The first-order valence-electron chi connectivity index (χ1n) is 11.4. The van der Waals surface area contributed by atoms with E-state index in [1.165, 1.54) is 12.4 Å². The minimum Gasteiger partial charge on any atom is -0.484 e. The second-order valence-corrected chi connectivity index (χ2v) is 8.32. The summed E-state index contributed by atoms with van der Waals surface area (Å²) in [6, 6.07) is 18.6. The lowest BCUT2D eigenvalue weighted by atomic mass is 10.1. The van der Waals surface area contributed by atoms with Crippen LogP contribution in [0.15, 0.2) is 70.9 Å². The van der Waals surface area contributed by atoms with Crippen molar-refractivity contribution in [2.45, 2.75) is 27.7 Å². The average Bonchev–Trinajstić information content (AvgIpc) is 2.86. The molecule has 0 fully saturated rings. The molecular weight excluding hydrogens is 456 g/mol. The van der Waals surface area contributed by atoms with E-state index < -0.39 is 0 Å². The number of ether oxygens (including phenoxy) is 2. The van der Waals surface area contributed by atoms with Crippen molar-refractivity contribution in [2.75, 3.05) is 13.2 Å². The van der Waals surface area contributed by atoms with Crippen LogP contribution in [0.5, 0.6) is 11.5 Å². The van der Waals surface area contributed by atoms with Crippen LogP contribution < -0.4 is 20.3 Å². The quantitative estimate of drug-likeness (QED) is 0.334. The van der Waals surface area contributed by atoms with Crippen LogP contribution in [0.25, 0.3) is 0 Å². The van der Waals surface area contributed by atoms with Gasteiger partial charge in [-0.15, -0.1) is 0 Å². The summed E-state index contributed by atoms with van der Waals surface area (Å²) in [5, 5.41) is 7.89. The molecule has 3 aromatic carbocycles. The Labute approximate surface area is 211 Å². The predicted octanol–water partition coefficient (Wildman–Crippen LogP) is 3.98. The normalized spacial score (nSPS) is 11.0. The highest BCUT2D eigenvalue weighted by Crippen LogP contribution is 2.17. The van der Waals surface area contributed by atoms with Crippen molar-refractivity contribution in [3.63, 3.8) is 0 Å². The molecule has 3 aromatic rings. The van der Waals surface area contributed by atoms with Crippen LogP contribution in [-0.2, 0) is 9.59 Å². The third-order valence-corrected chi connectivity index (χ3v) is 5.44. The molecule has 0 atom stereocenters. The van der Waals surface area contributed by atoms with Gasteiger partial charge in [0, 0.05) is 0 Å². The Balaban J connectivity index is 1.38. The Morgan fingerprint density at radius 2 is 1.03 bits per heavy atom. The summed E-state index contributed by atoms with van der Waals surface area (Å²) in [6.45, 7) is 7.75. The lowest BCUT2D eigenvalue weighted by Gasteiger charge is -2.07. The first-order valence-corrected chi connectivity index (χ1v) is 11.4. The highest BCUT2D eigenvalue weighted by Gasteiger charge is 2.04. The molecule has 8 heteroatoms. The van der Waals surface area contributed by atoms with Crippen LogP contribution in [0.4, 0.5) is 0 Å². The molecule has 0 aromatic heterocycles. The second kappa shape index (κ2) is 12.9. The minimum atomic E-state index is -0.356. The molecule has 0 aliphatic rings. The monoisotopic (exact) mass is 486 g/mol. The van der Waals surface area contributed by atoms with Crippen molar-refractivity contribution in [3.8, 4) is 11.5 Å². The Morgan fingerprint density at radius 1 is 0.639 bits per heavy atom. The Kier molecular flexibility index (Phi) is 9.33. The Bertz CT molecular complexity index is 1170. The fourth-order valence-corrected chi connectivity index (χ4v) is 3.00. The van der Waals surface area contributed by atoms with Gasteiger partial charge in [-0.05, 0) is 85.3 Å². The molecule has 2 amide bonds. The molecule has 0 saturated carbocycles. The highest BCUT2D eigenvalue weighted by atomic mass is 16.5. The zero-order valence-corrected chi connectivity index (χ0v) is 20.9. The van der Waals surface area contributed by atoms with E-state index in [9.17, 15) is 9.59 Å². The van der Waals surface area contributed by atoms with E-state index in [0.29, 0.717) is 11.5 Å². The van der Waals surface area contributed by atoms with Crippen molar-refractivity contribution in [3.05, 3.63) is 94.0 Å². The standard InChI is InChI=1S/C28H30N4O4/c1-19-5-11-25(13-21(19)3)35-17-27(33)31-29-15-23-7-9-24(10-8-23)16-30-32-28(34)18-36-26-12-6-20(2)22(4)14-26/h5-16H,17-18H2,1-4H3,(H,31,33)(H,32,34). The Hall–Kier alpha value is -4.46. The molecule has 0 bridgehead atoms. The van der Waals surface area contributed by atoms with Crippen molar-refractivity contribution in [1.82, 2.24) is 10.9 Å². The lowest BCUT2D eigenvalue weighted by Crippen LogP contribution is -2.24. The maximum absolute atomic E-state index is 11.9. The average molecular weight is 487 g/mol. The molecule has 0 radical (unpaired) electrons. The predicted molar refractivity (Wildman–Crippen MR) is 141 cm³/mol. The molecule has 0 aliphatic carbocycles. The van der Waals surface area contributed by atoms with Gasteiger partial charge < -0.3 is 9.47 Å². The summed E-state index contributed by atoms with van der Waals surface area (Å²) in [6.07, 6.45) is 3.06.